The van der Waals surface area contributed by atoms with E-state index in [9.17, 15) is 0 Å². The van der Waals surface area contributed by atoms with Gasteiger partial charge in [0.25, 0.3) is 0 Å². The second kappa shape index (κ2) is 6.24. The highest BCUT2D eigenvalue weighted by atomic mass is 15.2. The van der Waals surface area contributed by atoms with Crippen molar-refractivity contribution in [2.75, 3.05) is 18.0 Å². The number of nitrogens with zero attached hydrogens (tertiary/aromatic N) is 1. The van der Waals surface area contributed by atoms with Crippen molar-refractivity contribution in [3.8, 4) is 0 Å². The van der Waals surface area contributed by atoms with Crippen LogP contribution < -0.4 is 10.2 Å². The van der Waals surface area contributed by atoms with Crippen molar-refractivity contribution in [2.45, 2.75) is 46.2 Å². The van der Waals surface area contributed by atoms with E-state index < -0.39 is 0 Å². The minimum absolute atomic E-state index is 0.674. The van der Waals surface area contributed by atoms with Crippen LogP contribution in [0.1, 0.15) is 39.2 Å². The van der Waals surface area contributed by atoms with Gasteiger partial charge in [0.1, 0.15) is 0 Å². The van der Waals surface area contributed by atoms with Crippen LogP contribution in [0.2, 0.25) is 0 Å². The van der Waals surface area contributed by atoms with Gasteiger partial charge in [0.2, 0.25) is 0 Å². The summed E-state index contributed by atoms with van der Waals surface area (Å²) in [6.45, 7) is 10.1. The number of rotatable bonds is 4. The van der Waals surface area contributed by atoms with Crippen molar-refractivity contribution >= 4 is 5.69 Å². The zero-order valence-electron chi connectivity index (χ0n) is 11.9. The molecule has 2 nitrogen and oxygen atoms in total. The van der Waals surface area contributed by atoms with E-state index in [1.807, 2.05) is 0 Å². The lowest BCUT2D eigenvalue weighted by molar-refractivity contribution is 0.378. The Morgan fingerprint density at radius 1 is 1.22 bits per heavy atom. The van der Waals surface area contributed by atoms with Crippen LogP contribution in [-0.4, -0.2) is 19.1 Å². The predicted molar refractivity (Wildman–Crippen MR) is 79.0 cm³/mol. The van der Waals surface area contributed by atoms with E-state index in [0.717, 1.165) is 19.0 Å². The van der Waals surface area contributed by atoms with Gasteiger partial charge in [0.05, 0.1) is 0 Å². The second-order valence-corrected chi connectivity index (χ2v) is 5.62. The van der Waals surface area contributed by atoms with Gasteiger partial charge in [-0.05, 0) is 49.9 Å². The summed E-state index contributed by atoms with van der Waals surface area (Å²) in [5, 5.41) is 3.36. The van der Waals surface area contributed by atoms with Crippen LogP contribution in [0.25, 0.3) is 0 Å². The summed E-state index contributed by atoms with van der Waals surface area (Å²) in [4.78, 5) is 2.55. The van der Waals surface area contributed by atoms with E-state index in [2.05, 4.69) is 55.3 Å². The molecule has 1 aromatic carbocycles. The Bertz CT molecular complexity index is 358. The fourth-order valence-electron chi connectivity index (χ4n) is 2.87. The first-order valence-corrected chi connectivity index (χ1v) is 7.27. The lowest BCUT2D eigenvalue weighted by Crippen LogP contribution is -2.40. The smallest absolute Gasteiger partial charge is 0.0368 e. The van der Waals surface area contributed by atoms with E-state index in [1.54, 1.807) is 0 Å². The topological polar surface area (TPSA) is 15.3 Å². The number of benzene rings is 1. The van der Waals surface area contributed by atoms with E-state index in [-0.39, 0.29) is 0 Å². The Balaban J connectivity index is 2.00. The Kier molecular flexibility index (Phi) is 4.65. The van der Waals surface area contributed by atoms with E-state index >= 15 is 0 Å². The first-order valence-electron chi connectivity index (χ1n) is 7.27. The molecular formula is C16H26N2. The van der Waals surface area contributed by atoms with E-state index in [0.29, 0.717) is 6.04 Å². The van der Waals surface area contributed by atoms with Crippen LogP contribution in [0.4, 0.5) is 5.69 Å². The maximum atomic E-state index is 3.36. The molecule has 2 rings (SSSR count). The largest absolute Gasteiger partial charge is 0.369 e. The Morgan fingerprint density at radius 3 is 2.56 bits per heavy atom. The maximum Gasteiger partial charge on any atom is 0.0368 e. The summed E-state index contributed by atoms with van der Waals surface area (Å²) in [6, 6.07) is 9.73. The molecule has 0 saturated carbocycles. The van der Waals surface area contributed by atoms with Crippen molar-refractivity contribution in [2.24, 2.45) is 5.92 Å². The molecule has 100 valence electrons. The maximum absolute atomic E-state index is 3.36. The molecule has 1 heterocycles. The molecule has 1 saturated heterocycles. The standard InChI is InChI=1S/C16H26N2/c1-4-17-12-15-5-7-16(8-6-15)18-10-9-13(2)11-14(18)3/h5-8,13-14,17H,4,9-12H2,1-3H3. The molecule has 1 aromatic rings. The van der Waals surface area contributed by atoms with Crippen LogP contribution >= 0.6 is 0 Å². The quantitative estimate of drug-likeness (QED) is 0.875. The Labute approximate surface area is 111 Å². The summed E-state index contributed by atoms with van der Waals surface area (Å²) >= 11 is 0. The molecule has 0 amide bonds. The van der Waals surface area contributed by atoms with Crippen LogP contribution in [0.5, 0.6) is 0 Å². The lowest BCUT2D eigenvalue weighted by Gasteiger charge is -2.38. The molecular weight excluding hydrogens is 220 g/mol. The average Bonchev–Trinajstić information content (AvgIpc) is 2.37. The van der Waals surface area contributed by atoms with Crippen molar-refractivity contribution < 1.29 is 0 Å². The van der Waals surface area contributed by atoms with Crippen molar-refractivity contribution in [3.05, 3.63) is 29.8 Å². The molecule has 1 aliphatic heterocycles. The summed E-state index contributed by atoms with van der Waals surface area (Å²) in [5.74, 6) is 0.879. The molecule has 0 aliphatic carbocycles. The fourth-order valence-corrected chi connectivity index (χ4v) is 2.87. The van der Waals surface area contributed by atoms with E-state index in [4.69, 9.17) is 0 Å². The molecule has 0 bridgehead atoms. The molecule has 1 aliphatic rings. The molecule has 0 radical (unpaired) electrons. The van der Waals surface area contributed by atoms with Gasteiger partial charge in [-0.15, -0.1) is 0 Å². The Morgan fingerprint density at radius 2 is 1.94 bits per heavy atom. The number of nitrogens with one attached hydrogen (secondary N) is 1. The van der Waals surface area contributed by atoms with Gasteiger partial charge in [-0.3, -0.25) is 0 Å². The molecule has 2 atom stereocenters. The number of hydrogen-bond donors (Lipinski definition) is 1. The van der Waals surface area contributed by atoms with Gasteiger partial charge in [0.15, 0.2) is 0 Å². The highest BCUT2D eigenvalue weighted by molar-refractivity contribution is 5.48. The zero-order chi connectivity index (χ0) is 13.0. The molecule has 1 fully saturated rings. The molecule has 2 heteroatoms. The molecule has 2 unspecified atom stereocenters. The molecule has 18 heavy (non-hydrogen) atoms. The molecule has 1 N–H and O–H groups in total. The van der Waals surface area contributed by atoms with Crippen molar-refractivity contribution in [1.29, 1.82) is 0 Å². The van der Waals surface area contributed by atoms with Crippen molar-refractivity contribution in [3.63, 3.8) is 0 Å². The molecule has 0 spiro atoms. The Hall–Kier alpha value is -1.02. The number of piperidine rings is 1. The summed E-state index contributed by atoms with van der Waals surface area (Å²) in [7, 11) is 0. The third kappa shape index (κ3) is 3.26. The van der Waals surface area contributed by atoms with Crippen molar-refractivity contribution in [1.82, 2.24) is 5.32 Å². The molecule has 0 aromatic heterocycles. The summed E-state index contributed by atoms with van der Waals surface area (Å²) in [6.07, 6.45) is 2.64. The van der Waals surface area contributed by atoms with Gasteiger partial charge in [-0.2, -0.15) is 0 Å². The minimum Gasteiger partial charge on any atom is -0.369 e. The zero-order valence-corrected chi connectivity index (χ0v) is 11.9. The van der Waals surface area contributed by atoms with Gasteiger partial charge >= 0.3 is 0 Å². The SMILES string of the molecule is CCNCc1ccc(N2CCC(C)CC2C)cc1. The second-order valence-electron chi connectivity index (χ2n) is 5.62. The van der Waals surface area contributed by atoms with Crippen LogP contribution in [0, 0.1) is 5.92 Å². The van der Waals surface area contributed by atoms with E-state index in [1.165, 1.54) is 30.6 Å². The highest BCUT2D eigenvalue weighted by Crippen LogP contribution is 2.27. The summed E-state index contributed by atoms with van der Waals surface area (Å²) < 4.78 is 0. The monoisotopic (exact) mass is 246 g/mol. The van der Waals surface area contributed by atoms with Gasteiger partial charge in [-0.25, -0.2) is 0 Å². The lowest BCUT2D eigenvalue weighted by atomic mass is 9.93. The van der Waals surface area contributed by atoms with Gasteiger partial charge in [-0.1, -0.05) is 26.0 Å². The van der Waals surface area contributed by atoms with Crippen LogP contribution in [0.15, 0.2) is 24.3 Å². The third-order valence-corrected chi connectivity index (χ3v) is 3.99. The fraction of sp³-hybridized carbons (Fsp3) is 0.625. The van der Waals surface area contributed by atoms with Crippen LogP contribution in [-0.2, 0) is 6.54 Å². The van der Waals surface area contributed by atoms with Gasteiger partial charge in [0, 0.05) is 24.8 Å². The highest BCUT2D eigenvalue weighted by Gasteiger charge is 2.22. The number of hydrogen-bond acceptors (Lipinski definition) is 2. The first-order chi connectivity index (χ1) is 8.70. The van der Waals surface area contributed by atoms with Crippen LogP contribution in [0.3, 0.4) is 0 Å². The minimum atomic E-state index is 0.674. The first kappa shape index (κ1) is 13.4. The normalized spacial score (nSPS) is 24.3. The van der Waals surface area contributed by atoms with Gasteiger partial charge < -0.3 is 10.2 Å². The number of anilines is 1. The predicted octanol–water partition coefficient (Wildman–Crippen LogP) is 3.42. The average molecular weight is 246 g/mol. The third-order valence-electron chi connectivity index (χ3n) is 3.99. The summed E-state index contributed by atoms with van der Waals surface area (Å²) in [5.41, 5.74) is 2.76.